The number of aromatic amines is 1. The molecule has 1 aromatic heterocycles. The van der Waals surface area contributed by atoms with Crippen LogP contribution in [-0.4, -0.2) is 22.6 Å². The number of hydrogen-bond acceptors (Lipinski definition) is 4. The van der Waals surface area contributed by atoms with Crippen LogP contribution < -0.4 is 4.74 Å². The van der Waals surface area contributed by atoms with Crippen LogP contribution in [0.3, 0.4) is 0 Å². The maximum atomic E-state index is 11.8. The Hall–Kier alpha value is -2.09. The molecule has 0 radical (unpaired) electrons. The fourth-order valence-corrected chi connectivity index (χ4v) is 2.93. The van der Waals surface area contributed by atoms with Crippen molar-refractivity contribution in [1.29, 1.82) is 0 Å². The maximum Gasteiger partial charge on any atom is 0.302 e. The monoisotopic (exact) mass is 441 g/mol. The fourth-order valence-electron chi connectivity index (χ4n) is 2.10. The number of halogens is 3. The van der Waals surface area contributed by atoms with Gasteiger partial charge in [-0.3, -0.25) is 4.79 Å². The fraction of sp³-hybridized carbons (Fsp3) is 0.0625. The highest BCUT2D eigenvalue weighted by atomic mass is 79.9. The summed E-state index contributed by atoms with van der Waals surface area (Å²) in [5, 5.41) is 18.7. The number of aromatic hydroxyl groups is 1. The lowest BCUT2D eigenvalue weighted by Gasteiger charge is -2.05. The van der Waals surface area contributed by atoms with Crippen LogP contribution in [0.5, 0.6) is 11.6 Å². The van der Waals surface area contributed by atoms with Crippen LogP contribution in [0.25, 0.3) is 10.9 Å². The lowest BCUT2D eigenvalue weighted by Crippen LogP contribution is -2.08. The van der Waals surface area contributed by atoms with E-state index in [0.29, 0.717) is 21.7 Å². The minimum atomic E-state index is -0.630. The van der Waals surface area contributed by atoms with E-state index in [9.17, 15) is 9.90 Å². The summed E-state index contributed by atoms with van der Waals surface area (Å²) in [4.78, 5) is 14.6. The quantitative estimate of drug-likeness (QED) is 0.513. The predicted molar refractivity (Wildman–Crippen MR) is 99.1 cm³/mol. The Balaban J connectivity index is 1.72. The second-order valence-electron chi connectivity index (χ2n) is 4.97. The van der Waals surface area contributed by atoms with Gasteiger partial charge in [-0.2, -0.15) is 0 Å². The first-order chi connectivity index (χ1) is 11.9. The maximum absolute atomic E-state index is 11.8. The molecule has 1 heterocycles. The normalized spacial score (nSPS) is 11.3. The molecule has 0 aliphatic heterocycles. The van der Waals surface area contributed by atoms with Crippen molar-refractivity contribution in [3.05, 3.63) is 50.9 Å². The number of benzene rings is 2. The van der Waals surface area contributed by atoms with Crippen LogP contribution in [0.1, 0.15) is 0 Å². The SMILES string of the molecule is O=C(COc1ccc(Cl)cc1Cl)N=Nc1c(O)[nH]c2ccc(Br)cc12. The Bertz CT molecular complexity index is 988. The van der Waals surface area contributed by atoms with Crippen molar-refractivity contribution in [3.8, 4) is 11.6 Å². The summed E-state index contributed by atoms with van der Waals surface area (Å²) in [6.07, 6.45) is 0. The summed E-state index contributed by atoms with van der Waals surface area (Å²) in [6.45, 7) is -0.350. The van der Waals surface area contributed by atoms with Crippen LogP contribution in [-0.2, 0) is 4.79 Å². The van der Waals surface area contributed by atoms with Gasteiger partial charge in [0.1, 0.15) is 5.75 Å². The molecule has 25 heavy (non-hydrogen) atoms. The molecule has 0 bridgehead atoms. The number of nitrogens with zero attached hydrogens (tertiary/aromatic N) is 2. The summed E-state index contributed by atoms with van der Waals surface area (Å²) in [7, 11) is 0. The van der Waals surface area contributed by atoms with E-state index in [2.05, 4.69) is 31.1 Å². The van der Waals surface area contributed by atoms with Crippen LogP contribution in [0.2, 0.25) is 10.0 Å². The van der Waals surface area contributed by atoms with E-state index < -0.39 is 5.91 Å². The van der Waals surface area contributed by atoms with Gasteiger partial charge in [-0.25, -0.2) is 0 Å². The molecule has 9 heteroatoms. The summed E-state index contributed by atoms with van der Waals surface area (Å²) in [5.41, 5.74) is 0.848. The van der Waals surface area contributed by atoms with Crippen LogP contribution >= 0.6 is 39.1 Å². The number of aromatic nitrogens is 1. The molecule has 0 fully saturated rings. The second-order valence-corrected chi connectivity index (χ2v) is 6.73. The largest absolute Gasteiger partial charge is 0.493 e. The van der Waals surface area contributed by atoms with Gasteiger partial charge in [0.15, 0.2) is 12.3 Å². The number of carbonyl (C=O) groups is 1. The zero-order valence-electron chi connectivity index (χ0n) is 12.5. The number of ether oxygens (including phenoxy) is 1. The van der Waals surface area contributed by atoms with Gasteiger partial charge in [-0.15, -0.1) is 10.2 Å². The zero-order chi connectivity index (χ0) is 18.0. The Labute approximate surface area is 160 Å². The third-order valence-electron chi connectivity index (χ3n) is 3.22. The molecule has 128 valence electrons. The highest BCUT2D eigenvalue weighted by Crippen LogP contribution is 2.36. The molecule has 2 N–H and O–H groups in total. The molecule has 0 spiro atoms. The average Bonchev–Trinajstić information content (AvgIpc) is 2.87. The smallest absolute Gasteiger partial charge is 0.302 e. The standard InChI is InChI=1S/C16H10BrCl2N3O3/c17-8-1-3-12-10(5-8)15(16(24)20-12)22-21-14(23)7-25-13-4-2-9(18)6-11(13)19/h1-6,20,24H,7H2. The molecule has 0 atom stereocenters. The second kappa shape index (κ2) is 7.43. The van der Waals surface area contributed by atoms with E-state index in [1.165, 1.54) is 6.07 Å². The van der Waals surface area contributed by atoms with Crippen molar-refractivity contribution < 1.29 is 14.6 Å². The van der Waals surface area contributed by atoms with Gasteiger partial charge in [0.2, 0.25) is 5.88 Å². The highest BCUT2D eigenvalue weighted by molar-refractivity contribution is 9.10. The van der Waals surface area contributed by atoms with Crippen LogP contribution in [0.15, 0.2) is 51.1 Å². The van der Waals surface area contributed by atoms with Gasteiger partial charge >= 0.3 is 5.91 Å². The molecular formula is C16H10BrCl2N3O3. The summed E-state index contributed by atoms with van der Waals surface area (Å²) in [6, 6.07) is 10.00. The van der Waals surface area contributed by atoms with Crippen molar-refractivity contribution in [2.75, 3.05) is 6.61 Å². The average molecular weight is 443 g/mol. The van der Waals surface area contributed by atoms with E-state index >= 15 is 0 Å². The minimum absolute atomic E-state index is 0.175. The molecular weight excluding hydrogens is 433 g/mol. The lowest BCUT2D eigenvalue weighted by molar-refractivity contribution is -0.120. The molecule has 2 aromatic carbocycles. The van der Waals surface area contributed by atoms with E-state index in [4.69, 9.17) is 27.9 Å². The number of hydrogen-bond donors (Lipinski definition) is 2. The highest BCUT2D eigenvalue weighted by Gasteiger charge is 2.12. The van der Waals surface area contributed by atoms with E-state index in [-0.39, 0.29) is 23.2 Å². The van der Waals surface area contributed by atoms with Gasteiger partial charge in [-0.1, -0.05) is 39.1 Å². The number of rotatable bonds is 4. The first-order valence-electron chi connectivity index (χ1n) is 6.96. The predicted octanol–water partition coefficient (Wildman–Crippen LogP) is 5.63. The van der Waals surface area contributed by atoms with Gasteiger partial charge in [-0.05, 0) is 36.4 Å². The Morgan fingerprint density at radius 2 is 2.04 bits per heavy atom. The number of amides is 1. The topological polar surface area (TPSA) is 87.0 Å². The number of fused-ring (bicyclic) bond motifs is 1. The van der Waals surface area contributed by atoms with Crippen molar-refractivity contribution in [2.45, 2.75) is 0 Å². The Morgan fingerprint density at radius 3 is 2.80 bits per heavy atom. The lowest BCUT2D eigenvalue weighted by atomic mass is 10.2. The van der Waals surface area contributed by atoms with E-state index in [1.54, 1.807) is 24.3 Å². The number of carbonyl (C=O) groups excluding carboxylic acids is 1. The number of nitrogens with one attached hydrogen (secondary N) is 1. The van der Waals surface area contributed by atoms with Crippen molar-refractivity contribution in [1.82, 2.24) is 4.98 Å². The van der Waals surface area contributed by atoms with Gasteiger partial charge < -0.3 is 14.8 Å². The first kappa shape index (κ1) is 17.7. The summed E-state index contributed by atoms with van der Waals surface area (Å²) >= 11 is 15.1. The zero-order valence-corrected chi connectivity index (χ0v) is 15.6. The summed E-state index contributed by atoms with van der Waals surface area (Å²) in [5.74, 6) is -0.491. The Morgan fingerprint density at radius 1 is 1.24 bits per heavy atom. The number of azo groups is 1. The Kier molecular flexibility index (Phi) is 5.27. The molecule has 3 aromatic rings. The first-order valence-corrected chi connectivity index (χ1v) is 8.51. The molecule has 0 saturated heterocycles. The minimum Gasteiger partial charge on any atom is -0.493 e. The van der Waals surface area contributed by atoms with Gasteiger partial charge in [0, 0.05) is 14.9 Å². The van der Waals surface area contributed by atoms with Crippen molar-refractivity contribution >= 4 is 61.6 Å². The van der Waals surface area contributed by atoms with Crippen molar-refractivity contribution in [2.24, 2.45) is 10.2 Å². The number of H-pyrrole nitrogens is 1. The molecule has 0 saturated carbocycles. The van der Waals surface area contributed by atoms with E-state index in [1.807, 2.05) is 6.07 Å². The van der Waals surface area contributed by atoms with Crippen LogP contribution in [0.4, 0.5) is 5.69 Å². The van der Waals surface area contributed by atoms with Gasteiger partial charge in [0.25, 0.3) is 0 Å². The summed E-state index contributed by atoms with van der Waals surface area (Å²) < 4.78 is 6.10. The van der Waals surface area contributed by atoms with E-state index in [0.717, 1.165) is 4.47 Å². The third kappa shape index (κ3) is 4.12. The van der Waals surface area contributed by atoms with Crippen molar-refractivity contribution in [3.63, 3.8) is 0 Å². The molecule has 6 nitrogen and oxygen atoms in total. The molecule has 1 amide bonds. The van der Waals surface area contributed by atoms with Gasteiger partial charge in [0.05, 0.1) is 10.5 Å². The molecule has 0 unspecified atom stereocenters. The van der Waals surface area contributed by atoms with Crippen LogP contribution in [0, 0.1) is 0 Å². The molecule has 0 aliphatic carbocycles. The molecule has 0 aliphatic rings. The third-order valence-corrected chi connectivity index (χ3v) is 4.24. The molecule has 3 rings (SSSR count).